The lowest BCUT2D eigenvalue weighted by molar-refractivity contribution is 1.50. The van der Waals surface area contributed by atoms with Crippen LogP contribution in [-0.4, -0.2) is 0 Å². The molecule has 0 unspecified atom stereocenters. The molecule has 28 heavy (non-hydrogen) atoms. The second-order valence-corrected chi connectivity index (χ2v) is 5.16. The molecule has 0 heterocycles. The van der Waals surface area contributed by atoms with Gasteiger partial charge in [-0.05, 0) is 28.3 Å². The second-order valence-electron chi connectivity index (χ2n) is 5.16. The third-order valence-electron chi connectivity index (χ3n) is 3.45. The Morgan fingerprint density at radius 3 is 1.00 bits per heavy atom. The Balaban J connectivity index is 0.00000111. The van der Waals surface area contributed by atoms with E-state index in [1.165, 1.54) is 22.3 Å². The van der Waals surface area contributed by atoms with E-state index in [4.69, 9.17) is 0 Å². The van der Waals surface area contributed by atoms with Crippen molar-refractivity contribution in [2.24, 2.45) is 0 Å². The van der Waals surface area contributed by atoms with E-state index in [9.17, 15) is 0 Å². The van der Waals surface area contributed by atoms with E-state index in [1.54, 1.807) is 0 Å². The third kappa shape index (κ3) is 10.3. The van der Waals surface area contributed by atoms with E-state index >= 15 is 0 Å². The average Bonchev–Trinajstić information content (AvgIpc) is 2.82. The van der Waals surface area contributed by atoms with Crippen LogP contribution >= 0.6 is 0 Å². The molecule has 0 radical (unpaired) electrons. The number of hydrogen-bond donors (Lipinski definition) is 0. The highest BCUT2D eigenvalue weighted by atomic mass is 14.0. The van der Waals surface area contributed by atoms with Gasteiger partial charge in [0.15, 0.2) is 0 Å². The molecule has 0 amide bonds. The maximum Gasteiger partial charge on any atom is -0.0251 e. The fourth-order valence-electron chi connectivity index (χ4n) is 2.28. The van der Waals surface area contributed by atoms with E-state index in [-0.39, 0.29) is 0 Å². The molecule has 0 atom stereocenters. The summed E-state index contributed by atoms with van der Waals surface area (Å²) in [6, 6.07) is 29.2. The third-order valence-corrected chi connectivity index (χ3v) is 3.45. The SMILES string of the molecule is C(=C\c1cccc(/C=C/c2ccccc2)c1)/c1ccccc1.CC.CC.CC. The predicted octanol–water partition coefficient (Wildman–Crippen LogP) is 9.11. The van der Waals surface area contributed by atoms with Gasteiger partial charge in [0, 0.05) is 0 Å². The van der Waals surface area contributed by atoms with Crippen LogP contribution in [0.15, 0.2) is 84.9 Å². The zero-order valence-electron chi connectivity index (χ0n) is 18.4. The normalized spacial score (nSPS) is 9.50. The van der Waals surface area contributed by atoms with Crippen molar-refractivity contribution in [2.75, 3.05) is 0 Å². The Kier molecular flexibility index (Phi) is 15.8. The van der Waals surface area contributed by atoms with E-state index < -0.39 is 0 Å². The summed E-state index contributed by atoms with van der Waals surface area (Å²) < 4.78 is 0. The summed E-state index contributed by atoms with van der Waals surface area (Å²) in [5, 5.41) is 0. The standard InChI is InChI=1S/C22H18.3C2H6/c1-3-8-19(9-4-1)14-16-21-12-7-13-22(18-21)17-15-20-10-5-2-6-11-20;3*1-2/h1-18H;3*1-2H3/b16-14+,17-15+;;;. The van der Waals surface area contributed by atoms with Gasteiger partial charge in [0.05, 0.1) is 0 Å². The van der Waals surface area contributed by atoms with Crippen molar-refractivity contribution < 1.29 is 0 Å². The predicted molar refractivity (Wildman–Crippen MR) is 131 cm³/mol. The van der Waals surface area contributed by atoms with Crippen LogP contribution in [0.2, 0.25) is 0 Å². The minimum absolute atomic E-state index is 1.21. The average molecular weight is 373 g/mol. The molecular formula is C28H36. The molecule has 0 nitrogen and oxygen atoms in total. The molecular weight excluding hydrogens is 336 g/mol. The van der Waals surface area contributed by atoms with Gasteiger partial charge in [-0.15, -0.1) is 0 Å². The van der Waals surface area contributed by atoms with Crippen LogP contribution in [0, 0.1) is 0 Å². The van der Waals surface area contributed by atoms with Crippen LogP contribution in [0.25, 0.3) is 24.3 Å². The van der Waals surface area contributed by atoms with Gasteiger partial charge < -0.3 is 0 Å². The van der Waals surface area contributed by atoms with Gasteiger partial charge in [0.2, 0.25) is 0 Å². The first kappa shape index (κ1) is 25.1. The molecule has 0 saturated heterocycles. The number of benzene rings is 3. The first-order valence-corrected chi connectivity index (χ1v) is 10.5. The second kappa shape index (κ2) is 17.5. The molecule has 0 aromatic heterocycles. The molecule has 3 aromatic carbocycles. The molecule has 0 saturated carbocycles. The minimum Gasteiger partial charge on any atom is -0.0683 e. The Morgan fingerprint density at radius 1 is 0.357 bits per heavy atom. The fourth-order valence-corrected chi connectivity index (χ4v) is 2.28. The molecule has 0 aliphatic carbocycles. The van der Waals surface area contributed by atoms with Crippen molar-refractivity contribution in [2.45, 2.75) is 41.5 Å². The summed E-state index contributed by atoms with van der Waals surface area (Å²) in [6.45, 7) is 12.0. The van der Waals surface area contributed by atoms with Crippen LogP contribution in [0.1, 0.15) is 63.8 Å². The van der Waals surface area contributed by atoms with Crippen LogP contribution in [0.4, 0.5) is 0 Å². The van der Waals surface area contributed by atoms with Crippen LogP contribution in [0.5, 0.6) is 0 Å². The smallest absolute Gasteiger partial charge is 0.0251 e. The molecule has 0 N–H and O–H groups in total. The zero-order valence-corrected chi connectivity index (χ0v) is 18.4. The zero-order chi connectivity index (χ0) is 21.0. The molecule has 0 heteroatoms. The van der Waals surface area contributed by atoms with Crippen LogP contribution in [0.3, 0.4) is 0 Å². The summed E-state index contributed by atoms with van der Waals surface area (Å²) >= 11 is 0. The quantitative estimate of drug-likeness (QED) is 0.400. The molecule has 3 rings (SSSR count). The van der Waals surface area contributed by atoms with Crippen LogP contribution in [-0.2, 0) is 0 Å². The highest BCUT2D eigenvalue weighted by molar-refractivity contribution is 5.74. The lowest BCUT2D eigenvalue weighted by Gasteiger charge is -1.98. The van der Waals surface area contributed by atoms with Crippen molar-refractivity contribution in [3.05, 3.63) is 107 Å². The van der Waals surface area contributed by atoms with E-state index in [0.717, 1.165) is 0 Å². The fraction of sp³-hybridized carbons (Fsp3) is 0.214. The topological polar surface area (TPSA) is 0 Å². The lowest BCUT2D eigenvalue weighted by Crippen LogP contribution is -1.76. The monoisotopic (exact) mass is 372 g/mol. The minimum atomic E-state index is 1.21. The van der Waals surface area contributed by atoms with E-state index in [0.29, 0.717) is 0 Å². The van der Waals surface area contributed by atoms with Crippen molar-refractivity contribution in [3.63, 3.8) is 0 Å². The van der Waals surface area contributed by atoms with Crippen molar-refractivity contribution >= 4 is 24.3 Å². The summed E-state index contributed by atoms with van der Waals surface area (Å²) in [5.74, 6) is 0. The summed E-state index contributed by atoms with van der Waals surface area (Å²) in [5.41, 5.74) is 4.85. The van der Waals surface area contributed by atoms with Gasteiger partial charge in [-0.3, -0.25) is 0 Å². The van der Waals surface area contributed by atoms with E-state index in [2.05, 4.69) is 97.1 Å². The summed E-state index contributed by atoms with van der Waals surface area (Å²) in [4.78, 5) is 0. The molecule has 0 bridgehead atoms. The molecule has 0 spiro atoms. The molecule has 148 valence electrons. The Labute approximate surface area is 173 Å². The summed E-state index contributed by atoms with van der Waals surface area (Å²) in [7, 11) is 0. The molecule has 0 aliphatic rings. The van der Waals surface area contributed by atoms with Crippen molar-refractivity contribution in [1.29, 1.82) is 0 Å². The van der Waals surface area contributed by atoms with E-state index in [1.807, 2.05) is 53.7 Å². The van der Waals surface area contributed by atoms with Gasteiger partial charge in [0.1, 0.15) is 0 Å². The first-order chi connectivity index (χ1) is 13.9. The Morgan fingerprint density at radius 2 is 0.643 bits per heavy atom. The van der Waals surface area contributed by atoms with Gasteiger partial charge in [-0.25, -0.2) is 0 Å². The van der Waals surface area contributed by atoms with Gasteiger partial charge in [0.25, 0.3) is 0 Å². The number of rotatable bonds is 4. The highest BCUT2D eigenvalue weighted by Crippen LogP contribution is 2.13. The van der Waals surface area contributed by atoms with Crippen molar-refractivity contribution in [3.8, 4) is 0 Å². The lowest BCUT2D eigenvalue weighted by atomic mass is 10.1. The largest absolute Gasteiger partial charge is 0.0683 e. The van der Waals surface area contributed by atoms with Gasteiger partial charge in [-0.2, -0.15) is 0 Å². The highest BCUT2D eigenvalue weighted by Gasteiger charge is 1.91. The maximum atomic E-state index is 2.19. The molecule has 3 aromatic rings. The Hall–Kier alpha value is -2.86. The first-order valence-electron chi connectivity index (χ1n) is 10.5. The summed E-state index contributed by atoms with van der Waals surface area (Å²) in [6.07, 6.45) is 8.57. The van der Waals surface area contributed by atoms with Crippen LogP contribution < -0.4 is 0 Å². The van der Waals surface area contributed by atoms with Crippen molar-refractivity contribution in [1.82, 2.24) is 0 Å². The number of hydrogen-bond acceptors (Lipinski definition) is 0. The maximum absolute atomic E-state index is 2.19. The van der Waals surface area contributed by atoms with Gasteiger partial charge >= 0.3 is 0 Å². The molecule has 0 fully saturated rings. The Bertz CT molecular complexity index is 701. The van der Waals surface area contributed by atoms with Gasteiger partial charge in [-0.1, -0.05) is 145 Å². The molecule has 0 aliphatic heterocycles.